The van der Waals surface area contributed by atoms with Gasteiger partial charge < -0.3 is 10.3 Å². The number of carbonyl (C=O) groups is 1. The summed E-state index contributed by atoms with van der Waals surface area (Å²) in [6.07, 6.45) is 5.11. The van der Waals surface area contributed by atoms with E-state index in [0.29, 0.717) is 17.0 Å². The molecule has 8 nitrogen and oxygen atoms in total. The number of hydrogen-bond donors (Lipinski definition) is 3. The van der Waals surface area contributed by atoms with Crippen LogP contribution in [-0.4, -0.2) is 31.1 Å². The van der Waals surface area contributed by atoms with Crippen LogP contribution in [0.3, 0.4) is 0 Å². The van der Waals surface area contributed by atoms with E-state index >= 15 is 0 Å². The molecule has 0 aliphatic carbocycles. The van der Waals surface area contributed by atoms with Gasteiger partial charge in [0.25, 0.3) is 0 Å². The van der Waals surface area contributed by atoms with Gasteiger partial charge in [0.05, 0.1) is 24.2 Å². The molecule has 32 heavy (non-hydrogen) atoms. The van der Waals surface area contributed by atoms with Crippen molar-refractivity contribution in [2.24, 2.45) is 5.92 Å². The van der Waals surface area contributed by atoms with Crippen molar-refractivity contribution in [3.05, 3.63) is 66.4 Å². The molecule has 0 saturated carbocycles. The number of aromatic nitrogens is 5. The molecule has 0 aliphatic rings. The zero-order valence-electron chi connectivity index (χ0n) is 17.5. The normalized spacial score (nSPS) is 11.2. The van der Waals surface area contributed by atoms with E-state index in [4.69, 9.17) is 6.57 Å². The van der Waals surface area contributed by atoms with E-state index in [0.717, 1.165) is 38.8 Å². The van der Waals surface area contributed by atoms with Crippen molar-refractivity contribution < 1.29 is 4.79 Å². The summed E-state index contributed by atoms with van der Waals surface area (Å²) in [5, 5.41) is 12.0. The maximum absolute atomic E-state index is 12.0. The van der Waals surface area contributed by atoms with Gasteiger partial charge in [0, 0.05) is 45.7 Å². The van der Waals surface area contributed by atoms with Crippen LogP contribution >= 0.6 is 0 Å². The molecular weight excluding hydrogens is 402 g/mol. The largest absolute Gasteiger partial charge is 0.354 e. The molecule has 0 saturated heterocycles. The van der Waals surface area contributed by atoms with Crippen LogP contribution in [-0.2, 0) is 4.79 Å². The molecule has 0 aliphatic heterocycles. The molecule has 5 rings (SSSR count). The molecule has 8 heteroatoms. The summed E-state index contributed by atoms with van der Waals surface area (Å²) >= 11 is 0. The van der Waals surface area contributed by atoms with Gasteiger partial charge in [-0.25, -0.2) is 9.83 Å². The van der Waals surface area contributed by atoms with Crippen molar-refractivity contribution in [1.82, 2.24) is 25.1 Å². The molecule has 3 N–H and O–H groups in total. The molecule has 0 unspecified atom stereocenters. The van der Waals surface area contributed by atoms with E-state index < -0.39 is 0 Å². The third kappa shape index (κ3) is 3.36. The fourth-order valence-electron chi connectivity index (χ4n) is 3.58. The summed E-state index contributed by atoms with van der Waals surface area (Å²) < 4.78 is 0. The van der Waals surface area contributed by atoms with Gasteiger partial charge in [0.15, 0.2) is 11.3 Å². The highest BCUT2D eigenvalue weighted by atomic mass is 16.1. The van der Waals surface area contributed by atoms with Gasteiger partial charge in [0.2, 0.25) is 5.91 Å². The van der Waals surface area contributed by atoms with Crippen molar-refractivity contribution in [1.29, 1.82) is 0 Å². The maximum Gasteiger partial charge on any atom is 0.226 e. The zero-order valence-corrected chi connectivity index (χ0v) is 17.5. The lowest BCUT2D eigenvalue weighted by atomic mass is 10.1. The molecule has 0 spiro atoms. The Labute approximate surface area is 183 Å². The van der Waals surface area contributed by atoms with Gasteiger partial charge in [-0.1, -0.05) is 26.0 Å². The Balaban J connectivity index is 1.57. The number of aromatic amines is 2. The van der Waals surface area contributed by atoms with E-state index in [1.165, 1.54) is 0 Å². The smallest absolute Gasteiger partial charge is 0.226 e. The molecule has 1 amide bonds. The van der Waals surface area contributed by atoms with Crippen molar-refractivity contribution in [2.75, 3.05) is 5.32 Å². The Morgan fingerprint density at radius 1 is 1.09 bits per heavy atom. The minimum atomic E-state index is -0.121. The highest BCUT2D eigenvalue weighted by molar-refractivity contribution is 6.00. The average Bonchev–Trinajstić information content (AvgIpc) is 3.42. The van der Waals surface area contributed by atoms with Crippen LogP contribution in [0.4, 0.5) is 11.4 Å². The lowest BCUT2D eigenvalue weighted by Gasteiger charge is -2.09. The number of rotatable bonds is 4. The number of anilines is 1. The average molecular weight is 421 g/mol. The predicted molar refractivity (Wildman–Crippen MR) is 124 cm³/mol. The quantitative estimate of drug-likeness (QED) is 0.342. The third-order valence-corrected chi connectivity index (χ3v) is 5.30. The number of amides is 1. The van der Waals surface area contributed by atoms with Crippen molar-refractivity contribution in [3.63, 3.8) is 0 Å². The monoisotopic (exact) mass is 421 g/mol. The Morgan fingerprint density at radius 3 is 2.75 bits per heavy atom. The van der Waals surface area contributed by atoms with Crippen LogP contribution in [0.5, 0.6) is 0 Å². The molecule has 4 heterocycles. The molecule has 0 bridgehead atoms. The Bertz CT molecular complexity index is 1520. The number of hydrogen-bond acceptors (Lipinski definition) is 4. The van der Waals surface area contributed by atoms with E-state index in [1.54, 1.807) is 24.7 Å². The van der Waals surface area contributed by atoms with E-state index in [9.17, 15) is 4.79 Å². The molecular formula is C24H19N7O. The number of nitrogens with zero attached hydrogens (tertiary/aromatic N) is 4. The highest BCUT2D eigenvalue weighted by Gasteiger charge is 2.15. The van der Waals surface area contributed by atoms with Crippen LogP contribution in [0.15, 0.2) is 55.0 Å². The second kappa shape index (κ2) is 7.63. The number of carbonyl (C=O) groups excluding carboxylic acids is 1. The lowest BCUT2D eigenvalue weighted by molar-refractivity contribution is -0.118. The van der Waals surface area contributed by atoms with Gasteiger partial charge in [-0.2, -0.15) is 5.10 Å². The second-order valence-electron chi connectivity index (χ2n) is 7.83. The molecule has 0 fully saturated rings. The van der Waals surface area contributed by atoms with Crippen LogP contribution < -0.4 is 5.32 Å². The second-order valence-corrected chi connectivity index (χ2v) is 7.83. The maximum atomic E-state index is 12.0. The Morgan fingerprint density at radius 2 is 1.94 bits per heavy atom. The van der Waals surface area contributed by atoms with Crippen LogP contribution in [0.25, 0.3) is 49.3 Å². The van der Waals surface area contributed by atoms with Crippen molar-refractivity contribution in [3.8, 4) is 22.5 Å². The lowest BCUT2D eigenvalue weighted by Crippen LogP contribution is -2.17. The first-order valence-corrected chi connectivity index (χ1v) is 10.1. The molecule has 156 valence electrons. The van der Waals surface area contributed by atoms with Gasteiger partial charge in [-0.05, 0) is 24.3 Å². The van der Waals surface area contributed by atoms with E-state index in [1.807, 2.05) is 44.2 Å². The van der Waals surface area contributed by atoms with Gasteiger partial charge >= 0.3 is 0 Å². The summed E-state index contributed by atoms with van der Waals surface area (Å²) in [4.78, 5) is 27.8. The zero-order chi connectivity index (χ0) is 22.2. The fourth-order valence-corrected chi connectivity index (χ4v) is 3.58. The number of nitrogens with one attached hydrogen (secondary N) is 3. The standard InChI is InChI=1S/C24H19N7O/c1-13(2)24(32)28-16-7-14(10-26-12-16)15-8-18-22(30-31-23(18)27-11-15)21-9-17-19(25-3)5-4-6-20(17)29-21/h4-13,29H,1-2H3,(H,28,32)(H,27,30,31). The molecule has 4 aromatic heterocycles. The van der Waals surface area contributed by atoms with Gasteiger partial charge in [0.1, 0.15) is 5.69 Å². The first-order chi connectivity index (χ1) is 15.5. The minimum absolute atomic E-state index is 0.0627. The van der Waals surface area contributed by atoms with Gasteiger partial charge in [-0.15, -0.1) is 0 Å². The van der Waals surface area contributed by atoms with Crippen LogP contribution in [0.2, 0.25) is 0 Å². The van der Waals surface area contributed by atoms with Crippen LogP contribution in [0.1, 0.15) is 13.8 Å². The topological polar surface area (TPSA) is 104 Å². The van der Waals surface area contributed by atoms with E-state index in [2.05, 4.69) is 35.3 Å². The number of pyridine rings is 2. The SMILES string of the molecule is [C-]#[N+]c1cccc2[nH]c(-c3n[nH]c4ncc(-c5cncc(NC(=O)C(C)C)c5)cc34)cc12. The van der Waals surface area contributed by atoms with E-state index in [-0.39, 0.29) is 11.8 Å². The van der Waals surface area contributed by atoms with Gasteiger partial charge in [-0.3, -0.25) is 14.9 Å². The van der Waals surface area contributed by atoms with Crippen molar-refractivity contribution in [2.45, 2.75) is 13.8 Å². The number of fused-ring (bicyclic) bond motifs is 2. The Hall–Kier alpha value is -4.51. The predicted octanol–water partition coefficient (Wildman–Crippen LogP) is 5.31. The summed E-state index contributed by atoms with van der Waals surface area (Å²) in [7, 11) is 0. The first kappa shape index (κ1) is 19.5. The highest BCUT2D eigenvalue weighted by Crippen LogP contribution is 2.34. The third-order valence-electron chi connectivity index (χ3n) is 5.30. The molecule has 1 aromatic carbocycles. The Kier molecular flexibility index (Phi) is 4.64. The minimum Gasteiger partial charge on any atom is -0.354 e. The van der Waals surface area contributed by atoms with Crippen molar-refractivity contribution >= 4 is 39.2 Å². The summed E-state index contributed by atoms with van der Waals surface area (Å²) in [6.45, 7) is 11.1. The first-order valence-electron chi connectivity index (χ1n) is 10.1. The summed E-state index contributed by atoms with van der Waals surface area (Å²) in [5.41, 5.74) is 5.98. The molecule has 0 radical (unpaired) electrons. The number of H-pyrrole nitrogens is 2. The van der Waals surface area contributed by atoms with Crippen LogP contribution in [0, 0.1) is 12.5 Å². The summed E-state index contributed by atoms with van der Waals surface area (Å²) in [6, 6.07) is 11.4. The molecule has 5 aromatic rings. The fraction of sp³-hybridized carbons (Fsp3) is 0.125. The molecule has 0 atom stereocenters. The number of benzene rings is 1. The summed E-state index contributed by atoms with van der Waals surface area (Å²) in [5.74, 6) is -0.183.